The molecule has 0 aliphatic heterocycles. The molecule has 0 aliphatic rings. The molecule has 1 heterocycles. The number of H-pyrrole nitrogens is 1. The predicted octanol–water partition coefficient (Wildman–Crippen LogP) is 1.79. The van der Waals surface area contributed by atoms with Gasteiger partial charge >= 0.3 is 0 Å². The second kappa shape index (κ2) is 4.91. The van der Waals surface area contributed by atoms with Gasteiger partial charge in [-0.3, -0.25) is 9.89 Å². The Bertz CT molecular complexity index is 574. The highest BCUT2D eigenvalue weighted by Crippen LogP contribution is 2.14. The molecule has 0 spiro atoms. The van der Waals surface area contributed by atoms with E-state index in [1.165, 1.54) is 17.3 Å². The molecule has 0 atom stereocenters. The van der Waals surface area contributed by atoms with Crippen molar-refractivity contribution in [1.82, 2.24) is 10.2 Å². The fourth-order valence-electron chi connectivity index (χ4n) is 1.68. The average molecular weight is 244 g/mol. The van der Waals surface area contributed by atoms with Crippen LogP contribution in [0.15, 0.2) is 24.4 Å². The van der Waals surface area contributed by atoms with E-state index in [0.29, 0.717) is 17.9 Å². The molecule has 0 radical (unpaired) electrons. The lowest BCUT2D eigenvalue weighted by molar-refractivity contribution is -0.115. The van der Waals surface area contributed by atoms with Crippen LogP contribution in [0, 0.1) is 13.8 Å². The van der Waals surface area contributed by atoms with Crippen LogP contribution in [0.25, 0.3) is 0 Å². The molecule has 94 valence electrons. The van der Waals surface area contributed by atoms with Gasteiger partial charge in [0.2, 0.25) is 5.91 Å². The lowest BCUT2D eigenvalue weighted by Gasteiger charge is -2.06. The van der Waals surface area contributed by atoms with Crippen LogP contribution >= 0.6 is 0 Å². The molecule has 4 N–H and O–H groups in total. The summed E-state index contributed by atoms with van der Waals surface area (Å²) >= 11 is 0. The summed E-state index contributed by atoms with van der Waals surface area (Å²) in [5.74, 6) is 0.332. The van der Waals surface area contributed by atoms with Crippen LogP contribution in [-0.2, 0) is 11.2 Å². The fraction of sp³-hybridized carbons (Fsp3) is 0.231. The van der Waals surface area contributed by atoms with Gasteiger partial charge in [-0.25, -0.2) is 0 Å². The number of nitrogens with one attached hydrogen (secondary N) is 2. The van der Waals surface area contributed by atoms with Crippen molar-refractivity contribution < 1.29 is 4.79 Å². The van der Waals surface area contributed by atoms with Crippen LogP contribution in [0.3, 0.4) is 0 Å². The molecule has 0 bridgehead atoms. The Morgan fingerprint density at radius 2 is 2.17 bits per heavy atom. The first-order chi connectivity index (χ1) is 8.56. The fourth-order valence-corrected chi connectivity index (χ4v) is 1.68. The largest absolute Gasteiger partial charge is 0.394 e. The third-order valence-corrected chi connectivity index (χ3v) is 2.87. The zero-order chi connectivity index (χ0) is 13.1. The van der Waals surface area contributed by atoms with Crippen molar-refractivity contribution in [1.29, 1.82) is 0 Å². The summed E-state index contributed by atoms with van der Waals surface area (Å²) in [7, 11) is 0. The van der Waals surface area contributed by atoms with Crippen LogP contribution < -0.4 is 11.1 Å². The van der Waals surface area contributed by atoms with Crippen molar-refractivity contribution in [2.45, 2.75) is 20.3 Å². The van der Waals surface area contributed by atoms with Crippen LogP contribution in [0.2, 0.25) is 0 Å². The maximum atomic E-state index is 11.8. The van der Waals surface area contributed by atoms with Gasteiger partial charge in [0.25, 0.3) is 0 Å². The Balaban J connectivity index is 2.03. The molecule has 1 amide bonds. The molecule has 0 saturated carbocycles. The number of amides is 1. The molecular formula is C13H16N4O. The molecule has 0 fully saturated rings. The minimum atomic E-state index is -0.116. The van der Waals surface area contributed by atoms with E-state index >= 15 is 0 Å². The molecule has 0 aliphatic carbocycles. The first-order valence-electron chi connectivity index (χ1n) is 5.71. The van der Waals surface area contributed by atoms with Crippen molar-refractivity contribution in [3.8, 4) is 0 Å². The zero-order valence-electron chi connectivity index (χ0n) is 10.4. The number of nitrogen functional groups attached to an aromatic ring is 1. The minimum absolute atomic E-state index is 0.116. The standard InChI is InChI=1S/C13H16N4O/c1-8-3-4-10(5-9(8)2)6-12(18)16-13-11(14)7-15-17-13/h3-5,7H,6,14H2,1-2H3,(H2,15,16,17,18). The van der Waals surface area contributed by atoms with Crippen LogP contribution in [-0.4, -0.2) is 16.1 Å². The molecule has 2 rings (SSSR count). The van der Waals surface area contributed by atoms with Gasteiger partial charge in [-0.15, -0.1) is 0 Å². The number of carbonyl (C=O) groups excluding carboxylic acids is 1. The van der Waals surface area contributed by atoms with E-state index in [2.05, 4.69) is 15.5 Å². The number of aryl methyl sites for hydroxylation is 2. The lowest BCUT2D eigenvalue weighted by atomic mass is 10.0. The molecule has 5 heteroatoms. The molecule has 18 heavy (non-hydrogen) atoms. The van der Waals surface area contributed by atoms with Crippen molar-refractivity contribution in [3.63, 3.8) is 0 Å². The number of aromatic nitrogens is 2. The first kappa shape index (κ1) is 12.2. The first-order valence-corrected chi connectivity index (χ1v) is 5.71. The van der Waals surface area contributed by atoms with E-state index in [-0.39, 0.29) is 5.91 Å². The maximum absolute atomic E-state index is 11.8. The number of nitrogens with zero attached hydrogens (tertiary/aromatic N) is 1. The van der Waals surface area contributed by atoms with Gasteiger partial charge in [0.15, 0.2) is 5.82 Å². The average Bonchev–Trinajstić information content (AvgIpc) is 2.70. The summed E-state index contributed by atoms with van der Waals surface area (Å²) in [6, 6.07) is 5.99. The summed E-state index contributed by atoms with van der Waals surface area (Å²) < 4.78 is 0. The number of carbonyl (C=O) groups is 1. The van der Waals surface area contributed by atoms with Gasteiger partial charge in [-0.1, -0.05) is 18.2 Å². The monoisotopic (exact) mass is 244 g/mol. The Hall–Kier alpha value is -2.30. The SMILES string of the molecule is Cc1ccc(CC(=O)Nc2[nH]ncc2N)cc1C. The highest BCUT2D eigenvalue weighted by atomic mass is 16.1. The van der Waals surface area contributed by atoms with E-state index in [1.807, 2.05) is 32.0 Å². The van der Waals surface area contributed by atoms with E-state index in [1.54, 1.807) is 0 Å². The van der Waals surface area contributed by atoms with Gasteiger partial charge in [-0.05, 0) is 30.5 Å². The van der Waals surface area contributed by atoms with E-state index in [9.17, 15) is 4.79 Å². The number of benzene rings is 1. The van der Waals surface area contributed by atoms with Crippen molar-refractivity contribution in [2.75, 3.05) is 11.1 Å². The van der Waals surface area contributed by atoms with Gasteiger partial charge in [0, 0.05) is 0 Å². The quantitative estimate of drug-likeness (QED) is 0.769. The molecule has 1 aromatic heterocycles. The van der Waals surface area contributed by atoms with Crippen molar-refractivity contribution in [3.05, 3.63) is 41.1 Å². The molecule has 0 unspecified atom stereocenters. The molecular weight excluding hydrogens is 228 g/mol. The predicted molar refractivity (Wildman–Crippen MR) is 71.2 cm³/mol. The van der Waals surface area contributed by atoms with Gasteiger partial charge in [0.05, 0.1) is 18.3 Å². The Labute approximate surface area is 105 Å². The third-order valence-electron chi connectivity index (χ3n) is 2.87. The zero-order valence-corrected chi connectivity index (χ0v) is 10.4. The smallest absolute Gasteiger partial charge is 0.229 e. The van der Waals surface area contributed by atoms with E-state index < -0.39 is 0 Å². The second-order valence-electron chi connectivity index (χ2n) is 4.34. The lowest BCUT2D eigenvalue weighted by Crippen LogP contribution is -2.15. The summed E-state index contributed by atoms with van der Waals surface area (Å²) in [6.07, 6.45) is 1.78. The van der Waals surface area contributed by atoms with Crippen LogP contribution in [0.5, 0.6) is 0 Å². The Kier molecular flexibility index (Phi) is 3.32. The second-order valence-corrected chi connectivity index (χ2v) is 4.34. The number of nitrogens with two attached hydrogens (primary N) is 1. The summed E-state index contributed by atoms with van der Waals surface area (Å²) in [5.41, 5.74) is 9.43. The topological polar surface area (TPSA) is 83.8 Å². The molecule has 2 aromatic rings. The summed E-state index contributed by atoms with van der Waals surface area (Å²) in [4.78, 5) is 11.8. The molecule has 1 aromatic carbocycles. The highest BCUT2D eigenvalue weighted by molar-refractivity contribution is 5.93. The highest BCUT2D eigenvalue weighted by Gasteiger charge is 2.08. The van der Waals surface area contributed by atoms with E-state index in [0.717, 1.165) is 5.56 Å². The normalized spacial score (nSPS) is 10.3. The van der Waals surface area contributed by atoms with Gasteiger partial charge in [0.1, 0.15) is 0 Å². The van der Waals surface area contributed by atoms with Crippen LogP contribution in [0.4, 0.5) is 11.5 Å². The Morgan fingerprint density at radius 1 is 1.39 bits per heavy atom. The maximum Gasteiger partial charge on any atom is 0.229 e. The number of hydrogen-bond acceptors (Lipinski definition) is 3. The molecule has 5 nitrogen and oxygen atoms in total. The summed E-state index contributed by atoms with van der Waals surface area (Å²) in [6.45, 7) is 4.08. The van der Waals surface area contributed by atoms with Gasteiger partial charge < -0.3 is 11.1 Å². The van der Waals surface area contributed by atoms with E-state index in [4.69, 9.17) is 5.73 Å². The number of rotatable bonds is 3. The Morgan fingerprint density at radius 3 is 2.78 bits per heavy atom. The third kappa shape index (κ3) is 2.68. The molecule has 0 saturated heterocycles. The number of aromatic amines is 1. The van der Waals surface area contributed by atoms with Crippen LogP contribution in [0.1, 0.15) is 16.7 Å². The van der Waals surface area contributed by atoms with Crippen molar-refractivity contribution >= 4 is 17.4 Å². The minimum Gasteiger partial charge on any atom is -0.394 e. The van der Waals surface area contributed by atoms with Crippen molar-refractivity contribution in [2.24, 2.45) is 0 Å². The number of hydrogen-bond donors (Lipinski definition) is 3. The number of anilines is 2. The van der Waals surface area contributed by atoms with Gasteiger partial charge in [-0.2, -0.15) is 5.10 Å². The summed E-state index contributed by atoms with van der Waals surface area (Å²) in [5, 5.41) is 9.07.